The topological polar surface area (TPSA) is 32.3 Å². The molecule has 0 saturated carbocycles. The fourth-order valence-corrected chi connectivity index (χ4v) is 3.09. The lowest BCUT2D eigenvalue weighted by atomic mass is 9.92. The van der Waals surface area contributed by atoms with Crippen molar-refractivity contribution in [3.63, 3.8) is 0 Å². The normalized spacial score (nSPS) is 28.2. The predicted molar refractivity (Wildman–Crippen MR) is 71.3 cm³/mol. The highest BCUT2D eigenvalue weighted by Gasteiger charge is 2.38. The molecular weight excluding hydrogens is 224 g/mol. The molecular formula is C15H20N2O. The van der Waals surface area contributed by atoms with E-state index < -0.39 is 0 Å². The van der Waals surface area contributed by atoms with Gasteiger partial charge in [0, 0.05) is 31.6 Å². The van der Waals surface area contributed by atoms with Crippen molar-refractivity contribution < 1.29 is 4.79 Å². The van der Waals surface area contributed by atoms with E-state index in [9.17, 15) is 4.79 Å². The number of carbonyl (C=O) groups is 1. The van der Waals surface area contributed by atoms with E-state index >= 15 is 0 Å². The van der Waals surface area contributed by atoms with Crippen LogP contribution < -0.4 is 5.32 Å². The van der Waals surface area contributed by atoms with Gasteiger partial charge in [0.1, 0.15) is 0 Å². The monoisotopic (exact) mass is 244 g/mol. The van der Waals surface area contributed by atoms with Crippen LogP contribution in [0.5, 0.6) is 0 Å². The zero-order valence-electron chi connectivity index (χ0n) is 10.8. The average Bonchev–Trinajstić information content (AvgIpc) is 2.70. The average molecular weight is 244 g/mol. The van der Waals surface area contributed by atoms with Crippen LogP contribution in [0.25, 0.3) is 0 Å². The van der Waals surface area contributed by atoms with E-state index in [-0.39, 0.29) is 5.92 Å². The molecule has 1 N–H and O–H groups in total. The Morgan fingerprint density at radius 1 is 1.28 bits per heavy atom. The van der Waals surface area contributed by atoms with E-state index in [2.05, 4.69) is 41.4 Å². The summed E-state index contributed by atoms with van der Waals surface area (Å²) in [4.78, 5) is 14.4. The van der Waals surface area contributed by atoms with Crippen LogP contribution >= 0.6 is 0 Å². The van der Waals surface area contributed by atoms with Gasteiger partial charge >= 0.3 is 0 Å². The molecule has 2 unspecified atom stereocenters. The van der Waals surface area contributed by atoms with Crippen LogP contribution in [0.4, 0.5) is 0 Å². The summed E-state index contributed by atoms with van der Waals surface area (Å²) >= 11 is 0. The standard InChI is InChI=1S/C15H20N2O/c1-11-14(12-5-3-2-4-6-12)7-8-17(11)15(18)13-9-16-10-13/h2-6,11,13-14,16H,7-10H2,1H3. The maximum absolute atomic E-state index is 12.3. The van der Waals surface area contributed by atoms with Crippen molar-refractivity contribution in [2.75, 3.05) is 19.6 Å². The maximum Gasteiger partial charge on any atom is 0.228 e. The molecule has 0 aliphatic carbocycles. The lowest BCUT2D eigenvalue weighted by Crippen LogP contribution is -2.52. The third-order valence-corrected chi connectivity index (χ3v) is 4.40. The lowest BCUT2D eigenvalue weighted by molar-refractivity contribution is -0.137. The number of carbonyl (C=O) groups excluding carboxylic acids is 1. The molecule has 96 valence electrons. The molecule has 2 heterocycles. The molecule has 0 radical (unpaired) electrons. The number of nitrogens with one attached hydrogen (secondary N) is 1. The molecule has 3 nitrogen and oxygen atoms in total. The number of nitrogens with zero attached hydrogens (tertiary/aromatic N) is 1. The Morgan fingerprint density at radius 3 is 2.61 bits per heavy atom. The molecule has 0 bridgehead atoms. The second-order valence-electron chi connectivity index (χ2n) is 5.43. The van der Waals surface area contributed by atoms with Crippen molar-refractivity contribution in [1.82, 2.24) is 10.2 Å². The summed E-state index contributed by atoms with van der Waals surface area (Å²) in [6.45, 7) is 4.82. The highest BCUT2D eigenvalue weighted by Crippen LogP contribution is 2.34. The van der Waals surface area contributed by atoms with Gasteiger partial charge in [-0.3, -0.25) is 4.79 Å². The minimum atomic E-state index is 0.224. The maximum atomic E-state index is 12.3. The Labute approximate surface area is 108 Å². The number of hydrogen-bond acceptors (Lipinski definition) is 2. The first-order chi connectivity index (χ1) is 8.77. The molecule has 1 aromatic carbocycles. The number of rotatable bonds is 2. The summed E-state index contributed by atoms with van der Waals surface area (Å²) < 4.78 is 0. The van der Waals surface area contributed by atoms with Gasteiger partial charge in [-0.25, -0.2) is 0 Å². The molecule has 2 fully saturated rings. The molecule has 3 heteroatoms. The Morgan fingerprint density at radius 2 is 2.00 bits per heavy atom. The Balaban J connectivity index is 1.72. The van der Waals surface area contributed by atoms with Crippen LogP contribution in [0.1, 0.15) is 24.8 Å². The first kappa shape index (κ1) is 11.7. The van der Waals surface area contributed by atoms with Gasteiger partial charge < -0.3 is 10.2 Å². The van der Waals surface area contributed by atoms with E-state index in [4.69, 9.17) is 0 Å². The lowest BCUT2D eigenvalue weighted by Gasteiger charge is -2.33. The van der Waals surface area contributed by atoms with Gasteiger partial charge in [0.25, 0.3) is 0 Å². The third kappa shape index (κ3) is 1.93. The fraction of sp³-hybridized carbons (Fsp3) is 0.533. The molecule has 1 amide bonds. The second kappa shape index (κ2) is 4.73. The van der Waals surface area contributed by atoms with Gasteiger partial charge in [-0.1, -0.05) is 30.3 Å². The zero-order chi connectivity index (χ0) is 12.5. The molecule has 2 atom stereocenters. The van der Waals surface area contributed by atoms with Gasteiger partial charge in [-0.15, -0.1) is 0 Å². The van der Waals surface area contributed by atoms with Gasteiger partial charge in [0.15, 0.2) is 0 Å². The molecule has 18 heavy (non-hydrogen) atoms. The quantitative estimate of drug-likeness (QED) is 0.857. The molecule has 3 rings (SSSR count). The minimum Gasteiger partial charge on any atom is -0.339 e. The Bertz CT molecular complexity index is 427. The van der Waals surface area contributed by atoms with Crippen molar-refractivity contribution in [3.05, 3.63) is 35.9 Å². The molecule has 2 saturated heterocycles. The Hall–Kier alpha value is -1.35. The van der Waals surface area contributed by atoms with Crippen molar-refractivity contribution in [1.29, 1.82) is 0 Å². The van der Waals surface area contributed by atoms with Crippen molar-refractivity contribution in [2.24, 2.45) is 5.92 Å². The molecule has 2 aliphatic rings. The first-order valence-corrected chi connectivity index (χ1v) is 6.83. The fourth-order valence-electron chi connectivity index (χ4n) is 3.09. The van der Waals surface area contributed by atoms with Crippen LogP contribution in [0.15, 0.2) is 30.3 Å². The van der Waals surface area contributed by atoms with E-state index in [1.807, 2.05) is 6.07 Å². The molecule has 2 aliphatic heterocycles. The van der Waals surface area contributed by atoms with Crippen LogP contribution in [0.2, 0.25) is 0 Å². The molecule has 1 aromatic rings. The minimum absolute atomic E-state index is 0.224. The van der Waals surface area contributed by atoms with Gasteiger partial charge in [0.2, 0.25) is 5.91 Å². The van der Waals surface area contributed by atoms with Crippen LogP contribution in [0, 0.1) is 5.92 Å². The Kier molecular flexibility index (Phi) is 3.08. The van der Waals surface area contributed by atoms with Crippen molar-refractivity contribution >= 4 is 5.91 Å². The summed E-state index contributed by atoms with van der Waals surface area (Å²) in [5.74, 6) is 1.07. The number of hydrogen-bond donors (Lipinski definition) is 1. The van der Waals surface area contributed by atoms with E-state index in [1.54, 1.807) is 0 Å². The van der Waals surface area contributed by atoms with E-state index in [0.29, 0.717) is 17.9 Å². The van der Waals surface area contributed by atoms with Crippen molar-refractivity contribution in [2.45, 2.75) is 25.3 Å². The van der Waals surface area contributed by atoms with Crippen LogP contribution in [0.3, 0.4) is 0 Å². The van der Waals surface area contributed by atoms with Crippen LogP contribution in [-0.2, 0) is 4.79 Å². The highest BCUT2D eigenvalue weighted by molar-refractivity contribution is 5.81. The van der Waals surface area contributed by atoms with E-state index in [0.717, 1.165) is 26.1 Å². The number of likely N-dealkylation sites (tertiary alicyclic amines) is 1. The summed E-state index contributed by atoms with van der Waals surface area (Å²) in [5, 5.41) is 3.18. The SMILES string of the molecule is CC1C(c2ccccc2)CCN1C(=O)C1CNC1. The van der Waals surface area contributed by atoms with Gasteiger partial charge in [-0.2, -0.15) is 0 Å². The van der Waals surface area contributed by atoms with Crippen molar-refractivity contribution in [3.8, 4) is 0 Å². The van der Waals surface area contributed by atoms with E-state index in [1.165, 1.54) is 5.56 Å². The predicted octanol–water partition coefficient (Wildman–Crippen LogP) is 1.61. The summed E-state index contributed by atoms with van der Waals surface area (Å²) in [6, 6.07) is 10.9. The van der Waals surface area contributed by atoms with Gasteiger partial charge in [0.05, 0.1) is 5.92 Å². The highest BCUT2D eigenvalue weighted by atomic mass is 16.2. The number of amides is 1. The van der Waals surface area contributed by atoms with Crippen LogP contribution in [-0.4, -0.2) is 36.5 Å². The first-order valence-electron chi connectivity index (χ1n) is 6.83. The smallest absolute Gasteiger partial charge is 0.228 e. The zero-order valence-corrected chi connectivity index (χ0v) is 10.8. The largest absolute Gasteiger partial charge is 0.339 e. The summed E-state index contributed by atoms with van der Waals surface area (Å²) in [6.07, 6.45) is 1.09. The number of benzene rings is 1. The second-order valence-corrected chi connectivity index (χ2v) is 5.43. The summed E-state index contributed by atoms with van der Waals surface area (Å²) in [5.41, 5.74) is 1.37. The molecule has 0 spiro atoms. The third-order valence-electron chi connectivity index (χ3n) is 4.40. The summed E-state index contributed by atoms with van der Waals surface area (Å²) in [7, 11) is 0. The van der Waals surface area contributed by atoms with Gasteiger partial charge in [-0.05, 0) is 18.9 Å². The molecule has 0 aromatic heterocycles.